The molecule has 0 fully saturated rings. The lowest BCUT2D eigenvalue weighted by Gasteiger charge is -2.29. The molecule has 0 saturated carbocycles. The second-order valence-corrected chi connectivity index (χ2v) is 4.86. The summed E-state index contributed by atoms with van der Waals surface area (Å²) in [4.78, 5) is 0. The number of rotatable bonds is 4. The first-order valence-electron chi connectivity index (χ1n) is 6.48. The van der Waals surface area contributed by atoms with Crippen LogP contribution in [0.15, 0.2) is 54.6 Å². The summed E-state index contributed by atoms with van der Waals surface area (Å²) in [7, 11) is 0. The molecule has 0 radical (unpaired) electrons. The van der Waals surface area contributed by atoms with Crippen LogP contribution in [0.2, 0.25) is 0 Å². The standard InChI is InChI=1S/C17H20O/c1-3-17(18,13-15-10-5-4-6-11-15)16-12-8-7-9-14(16)2/h4-12,18H,3,13H2,1-2H3. The van der Waals surface area contributed by atoms with E-state index in [0.29, 0.717) is 12.8 Å². The second-order valence-electron chi connectivity index (χ2n) is 4.86. The maximum atomic E-state index is 10.9. The van der Waals surface area contributed by atoms with Gasteiger partial charge in [0.05, 0.1) is 5.60 Å². The van der Waals surface area contributed by atoms with E-state index in [2.05, 4.69) is 25.1 Å². The molecule has 0 spiro atoms. The van der Waals surface area contributed by atoms with E-state index < -0.39 is 5.60 Å². The number of hydrogen-bond acceptors (Lipinski definition) is 1. The largest absolute Gasteiger partial charge is 0.385 e. The molecule has 18 heavy (non-hydrogen) atoms. The summed E-state index contributed by atoms with van der Waals surface area (Å²) in [6, 6.07) is 18.3. The molecule has 0 aromatic heterocycles. The lowest BCUT2D eigenvalue weighted by Crippen LogP contribution is -2.28. The topological polar surface area (TPSA) is 20.2 Å². The van der Waals surface area contributed by atoms with Crippen LogP contribution in [-0.4, -0.2) is 5.11 Å². The zero-order chi connectivity index (χ0) is 13.0. The molecule has 2 aromatic rings. The first-order valence-corrected chi connectivity index (χ1v) is 6.48. The van der Waals surface area contributed by atoms with Crippen LogP contribution < -0.4 is 0 Å². The summed E-state index contributed by atoms with van der Waals surface area (Å²) in [6.07, 6.45) is 1.38. The zero-order valence-electron chi connectivity index (χ0n) is 11.1. The Labute approximate surface area is 109 Å². The van der Waals surface area contributed by atoms with Crippen LogP contribution in [0.1, 0.15) is 30.0 Å². The Balaban J connectivity index is 2.34. The van der Waals surface area contributed by atoms with E-state index in [4.69, 9.17) is 0 Å². The lowest BCUT2D eigenvalue weighted by molar-refractivity contribution is 0.0321. The van der Waals surface area contributed by atoms with Crippen LogP contribution in [0, 0.1) is 6.92 Å². The molecule has 0 aliphatic heterocycles. The fraction of sp³-hybridized carbons (Fsp3) is 0.294. The smallest absolute Gasteiger partial charge is 0.0936 e. The molecule has 1 N–H and O–H groups in total. The van der Waals surface area contributed by atoms with E-state index in [1.165, 1.54) is 5.56 Å². The van der Waals surface area contributed by atoms with Crippen molar-refractivity contribution in [2.75, 3.05) is 0 Å². The van der Waals surface area contributed by atoms with Crippen LogP contribution in [0.4, 0.5) is 0 Å². The normalized spacial score (nSPS) is 14.2. The molecule has 2 rings (SSSR count). The van der Waals surface area contributed by atoms with Gasteiger partial charge < -0.3 is 5.11 Å². The molecule has 1 nitrogen and oxygen atoms in total. The van der Waals surface area contributed by atoms with Crippen molar-refractivity contribution in [3.05, 3.63) is 71.3 Å². The lowest BCUT2D eigenvalue weighted by atomic mass is 9.83. The average molecular weight is 240 g/mol. The van der Waals surface area contributed by atoms with Crippen molar-refractivity contribution in [3.63, 3.8) is 0 Å². The molecule has 0 bridgehead atoms. The molecule has 0 saturated heterocycles. The van der Waals surface area contributed by atoms with E-state index in [0.717, 1.165) is 11.1 Å². The van der Waals surface area contributed by atoms with Gasteiger partial charge in [0.1, 0.15) is 0 Å². The van der Waals surface area contributed by atoms with Gasteiger partial charge in [0.2, 0.25) is 0 Å². The average Bonchev–Trinajstić information content (AvgIpc) is 2.40. The van der Waals surface area contributed by atoms with Crippen LogP contribution >= 0.6 is 0 Å². The van der Waals surface area contributed by atoms with Gasteiger partial charge in [0.25, 0.3) is 0 Å². The van der Waals surface area contributed by atoms with E-state index in [1.54, 1.807) is 0 Å². The highest BCUT2D eigenvalue weighted by Crippen LogP contribution is 2.31. The van der Waals surface area contributed by atoms with Gasteiger partial charge in [0, 0.05) is 6.42 Å². The number of aryl methyl sites for hydroxylation is 1. The monoisotopic (exact) mass is 240 g/mol. The van der Waals surface area contributed by atoms with E-state index in [-0.39, 0.29) is 0 Å². The van der Waals surface area contributed by atoms with Gasteiger partial charge in [-0.3, -0.25) is 0 Å². The van der Waals surface area contributed by atoms with E-state index in [1.807, 2.05) is 43.3 Å². The Morgan fingerprint density at radius 2 is 1.56 bits per heavy atom. The zero-order valence-corrected chi connectivity index (χ0v) is 11.1. The van der Waals surface area contributed by atoms with Crippen LogP contribution in [0.5, 0.6) is 0 Å². The highest BCUT2D eigenvalue weighted by molar-refractivity contribution is 5.33. The Hall–Kier alpha value is -1.60. The van der Waals surface area contributed by atoms with Gasteiger partial charge in [-0.1, -0.05) is 61.5 Å². The molecule has 2 aromatic carbocycles. The van der Waals surface area contributed by atoms with Crippen molar-refractivity contribution in [1.82, 2.24) is 0 Å². The first-order chi connectivity index (χ1) is 8.65. The highest BCUT2D eigenvalue weighted by atomic mass is 16.3. The fourth-order valence-electron chi connectivity index (χ4n) is 2.44. The predicted molar refractivity (Wildman–Crippen MR) is 75.5 cm³/mol. The molecular formula is C17H20O. The third-order valence-corrected chi connectivity index (χ3v) is 3.57. The quantitative estimate of drug-likeness (QED) is 0.861. The SMILES string of the molecule is CCC(O)(Cc1ccccc1)c1ccccc1C. The second kappa shape index (κ2) is 5.36. The van der Waals surface area contributed by atoms with Gasteiger partial charge in [-0.15, -0.1) is 0 Å². The van der Waals surface area contributed by atoms with Crippen molar-refractivity contribution >= 4 is 0 Å². The number of aliphatic hydroxyl groups is 1. The predicted octanol–water partition coefficient (Wildman–Crippen LogP) is 3.84. The van der Waals surface area contributed by atoms with E-state index in [9.17, 15) is 5.11 Å². The molecule has 1 heteroatoms. The summed E-state index contributed by atoms with van der Waals surface area (Å²) < 4.78 is 0. The van der Waals surface area contributed by atoms with Crippen molar-refractivity contribution in [2.45, 2.75) is 32.3 Å². The molecule has 0 aliphatic carbocycles. The van der Waals surface area contributed by atoms with Crippen molar-refractivity contribution in [1.29, 1.82) is 0 Å². The Morgan fingerprint density at radius 1 is 0.944 bits per heavy atom. The third kappa shape index (κ3) is 2.62. The van der Waals surface area contributed by atoms with Crippen molar-refractivity contribution < 1.29 is 5.11 Å². The van der Waals surface area contributed by atoms with E-state index >= 15 is 0 Å². The summed E-state index contributed by atoms with van der Waals surface area (Å²) >= 11 is 0. The number of benzene rings is 2. The minimum absolute atomic E-state index is 0.662. The maximum absolute atomic E-state index is 10.9. The van der Waals surface area contributed by atoms with Gasteiger partial charge in [-0.05, 0) is 30.0 Å². The summed E-state index contributed by atoms with van der Waals surface area (Å²) in [5, 5.41) is 10.9. The van der Waals surface area contributed by atoms with Crippen molar-refractivity contribution in [2.24, 2.45) is 0 Å². The molecule has 0 amide bonds. The molecule has 94 valence electrons. The molecule has 0 aliphatic rings. The summed E-state index contributed by atoms with van der Waals surface area (Å²) in [6.45, 7) is 4.09. The van der Waals surface area contributed by atoms with Crippen LogP contribution in [-0.2, 0) is 12.0 Å². The molecule has 1 atom stereocenters. The Morgan fingerprint density at radius 3 is 2.17 bits per heavy atom. The Kier molecular flexibility index (Phi) is 3.83. The molecule has 0 heterocycles. The fourth-order valence-corrected chi connectivity index (χ4v) is 2.44. The first kappa shape index (κ1) is 12.8. The summed E-state index contributed by atoms with van der Waals surface area (Å²) in [5.74, 6) is 0. The van der Waals surface area contributed by atoms with Gasteiger partial charge in [-0.2, -0.15) is 0 Å². The van der Waals surface area contributed by atoms with Crippen LogP contribution in [0.3, 0.4) is 0 Å². The van der Waals surface area contributed by atoms with Gasteiger partial charge >= 0.3 is 0 Å². The Bertz CT molecular complexity index is 504. The molecular weight excluding hydrogens is 220 g/mol. The van der Waals surface area contributed by atoms with Crippen LogP contribution in [0.25, 0.3) is 0 Å². The third-order valence-electron chi connectivity index (χ3n) is 3.57. The maximum Gasteiger partial charge on any atom is 0.0936 e. The minimum Gasteiger partial charge on any atom is -0.385 e. The van der Waals surface area contributed by atoms with Gasteiger partial charge in [-0.25, -0.2) is 0 Å². The molecule has 1 unspecified atom stereocenters. The van der Waals surface area contributed by atoms with Gasteiger partial charge in [0.15, 0.2) is 0 Å². The number of hydrogen-bond donors (Lipinski definition) is 1. The van der Waals surface area contributed by atoms with Crippen molar-refractivity contribution in [3.8, 4) is 0 Å². The minimum atomic E-state index is -0.771. The highest BCUT2D eigenvalue weighted by Gasteiger charge is 2.28. The summed E-state index contributed by atoms with van der Waals surface area (Å²) in [5.41, 5.74) is 2.59.